The standard InChI is InChI=1S/C14H16BrNO5/c1-19-10-5-8(6-11(20-2)13(10)15)14(18)21-7-12(17)16-9-3-4-9/h5-6,9H,3-4,7H2,1-2H3,(H,16,17). The predicted molar refractivity (Wildman–Crippen MR) is 78.7 cm³/mol. The van der Waals surface area contributed by atoms with Crippen molar-refractivity contribution in [2.45, 2.75) is 18.9 Å². The summed E-state index contributed by atoms with van der Waals surface area (Å²) in [6.45, 7) is -0.296. The van der Waals surface area contributed by atoms with Crippen molar-refractivity contribution in [3.8, 4) is 11.5 Å². The third-order valence-corrected chi connectivity index (χ3v) is 3.74. The first-order valence-electron chi connectivity index (χ1n) is 6.43. The van der Waals surface area contributed by atoms with Crippen molar-refractivity contribution in [3.05, 3.63) is 22.2 Å². The van der Waals surface area contributed by atoms with Gasteiger partial charge in [-0.3, -0.25) is 4.79 Å². The van der Waals surface area contributed by atoms with Crippen LogP contribution in [0.25, 0.3) is 0 Å². The maximum absolute atomic E-state index is 12.0. The summed E-state index contributed by atoms with van der Waals surface area (Å²) in [6.07, 6.45) is 1.97. The van der Waals surface area contributed by atoms with Crippen molar-refractivity contribution in [2.75, 3.05) is 20.8 Å². The van der Waals surface area contributed by atoms with Crippen LogP contribution in [0.4, 0.5) is 0 Å². The normalized spacial score (nSPS) is 13.5. The number of amides is 1. The molecule has 1 saturated carbocycles. The van der Waals surface area contributed by atoms with Crippen LogP contribution in [0.2, 0.25) is 0 Å². The summed E-state index contributed by atoms with van der Waals surface area (Å²) < 4.78 is 15.9. The van der Waals surface area contributed by atoms with Gasteiger partial charge in [0.15, 0.2) is 6.61 Å². The van der Waals surface area contributed by atoms with Gasteiger partial charge in [0.05, 0.1) is 19.8 Å². The summed E-state index contributed by atoms with van der Waals surface area (Å²) in [7, 11) is 2.97. The summed E-state index contributed by atoms with van der Waals surface area (Å²) in [5, 5.41) is 2.74. The van der Waals surface area contributed by atoms with E-state index in [1.54, 1.807) is 0 Å². The van der Waals surface area contributed by atoms with E-state index in [1.165, 1.54) is 26.4 Å². The van der Waals surface area contributed by atoms with Crippen LogP contribution in [0, 0.1) is 0 Å². The van der Waals surface area contributed by atoms with Gasteiger partial charge in [-0.25, -0.2) is 4.79 Å². The van der Waals surface area contributed by atoms with Crippen molar-refractivity contribution < 1.29 is 23.8 Å². The Balaban J connectivity index is 2.02. The summed E-state index contributed by atoms with van der Waals surface area (Å²) in [5.41, 5.74) is 0.256. The van der Waals surface area contributed by atoms with Crippen LogP contribution in [-0.4, -0.2) is 38.7 Å². The van der Waals surface area contributed by atoms with Crippen LogP contribution < -0.4 is 14.8 Å². The van der Waals surface area contributed by atoms with Gasteiger partial charge in [0, 0.05) is 6.04 Å². The van der Waals surface area contributed by atoms with Gasteiger partial charge in [-0.2, -0.15) is 0 Å². The number of esters is 1. The fraction of sp³-hybridized carbons (Fsp3) is 0.429. The van der Waals surface area contributed by atoms with E-state index >= 15 is 0 Å². The molecule has 0 aromatic heterocycles. The number of hydrogen-bond acceptors (Lipinski definition) is 5. The molecule has 6 nitrogen and oxygen atoms in total. The van der Waals surface area contributed by atoms with Gasteiger partial charge in [0.1, 0.15) is 16.0 Å². The predicted octanol–water partition coefficient (Wildman–Crippen LogP) is 1.90. The molecule has 1 aliphatic carbocycles. The number of nitrogens with one attached hydrogen (secondary N) is 1. The zero-order chi connectivity index (χ0) is 15.4. The molecular weight excluding hydrogens is 342 g/mol. The second-order valence-electron chi connectivity index (χ2n) is 4.61. The molecule has 1 aliphatic rings. The molecule has 1 amide bonds. The maximum Gasteiger partial charge on any atom is 0.338 e. The Labute approximate surface area is 130 Å². The van der Waals surface area contributed by atoms with E-state index in [-0.39, 0.29) is 24.1 Å². The number of rotatable bonds is 6. The molecule has 0 bridgehead atoms. The molecule has 0 aliphatic heterocycles. The third kappa shape index (κ3) is 4.10. The zero-order valence-corrected chi connectivity index (χ0v) is 13.4. The van der Waals surface area contributed by atoms with E-state index in [2.05, 4.69) is 21.2 Å². The Morgan fingerprint density at radius 2 is 1.81 bits per heavy atom. The number of carbonyl (C=O) groups excluding carboxylic acids is 2. The minimum absolute atomic E-state index is 0.240. The van der Waals surface area contributed by atoms with E-state index in [1.807, 2.05) is 0 Å². The van der Waals surface area contributed by atoms with Crippen molar-refractivity contribution in [2.24, 2.45) is 0 Å². The lowest BCUT2D eigenvalue weighted by molar-refractivity contribution is -0.124. The van der Waals surface area contributed by atoms with E-state index in [0.717, 1.165) is 12.8 Å². The molecule has 7 heteroatoms. The topological polar surface area (TPSA) is 73.9 Å². The van der Waals surface area contributed by atoms with Crippen LogP contribution in [0.1, 0.15) is 23.2 Å². The van der Waals surface area contributed by atoms with E-state index in [9.17, 15) is 9.59 Å². The zero-order valence-electron chi connectivity index (χ0n) is 11.8. The number of benzene rings is 1. The van der Waals surface area contributed by atoms with Gasteiger partial charge >= 0.3 is 5.97 Å². The number of ether oxygens (including phenoxy) is 3. The smallest absolute Gasteiger partial charge is 0.338 e. The molecule has 0 spiro atoms. The van der Waals surface area contributed by atoms with Gasteiger partial charge in [-0.05, 0) is 40.9 Å². The largest absolute Gasteiger partial charge is 0.495 e. The van der Waals surface area contributed by atoms with E-state index in [4.69, 9.17) is 14.2 Å². The molecule has 2 rings (SSSR count). The first-order valence-corrected chi connectivity index (χ1v) is 7.22. The highest BCUT2D eigenvalue weighted by Crippen LogP contribution is 2.35. The third-order valence-electron chi connectivity index (χ3n) is 2.96. The lowest BCUT2D eigenvalue weighted by Gasteiger charge is -2.11. The van der Waals surface area contributed by atoms with Crippen LogP contribution >= 0.6 is 15.9 Å². The second kappa shape index (κ2) is 6.80. The lowest BCUT2D eigenvalue weighted by atomic mass is 10.2. The molecule has 1 fully saturated rings. The minimum Gasteiger partial charge on any atom is -0.495 e. The molecule has 0 unspecified atom stereocenters. The average molecular weight is 358 g/mol. The van der Waals surface area contributed by atoms with Crippen LogP contribution in [-0.2, 0) is 9.53 Å². The minimum atomic E-state index is -0.606. The molecule has 1 N–H and O–H groups in total. The van der Waals surface area contributed by atoms with E-state index in [0.29, 0.717) is 16.0 Å². The SMILES string of the molecule is COc1cc(C(=O)OCC(=O)NC2CC2)cc(OC)c1Br. The lowest BCUT2D eigenvalue weighted by Crippen LogP contribution is -2.30. The van der Waals surface area contributed by atoms with Gasteiger partial charge in [0.2, 0.25) is 0 Å². The Hall–Kier alpha value is -1.76. The summed E-state index contributed by atoms with van der Waals surface area (Å²) >= 11 is 3.31. The quantitative estimate of drug-likeness (QED) is 0.787. The van der Waals surface area contributed by atoms with Gasteiger partial charge in [-0.15, -0.1) is 0 Å². The summed E-state index contributed by atoms with van der Waals surface area (Å²) in [5.74, 6) is -0.000553. The van der Waals surface area contributed by atoms with Crippen LogP contribution in [0.15, 0.2) is 16.6 Å². The van der Waals surface area contributed by atoms with Crippen molar-refractivity contribution >= 4 is 27.8 Å². The monoisotopic (exact) mass is 357 g/mol. The van der Waals surface area contributed by atoms with Crippen LogP contribution in [0.5, 0.6) is 11.5 Å². The molecule has 1 aromatic rings. The van der Waals surface area contributed by atoms with Gasteiger partial charge < -0.3 is 19.5 Å². The summed E-state index contributed by atoms with van der Waals surface area (Å²) in [6, 6.07) is 3.28. The molecule has 0 saturated heterocycles. The number of carbonyl (C=O) groups is 2. The molecule has 21 heavy (non-hydrogen) atoms. The number of methoxy groups -OCH3 is 2. The van der Waals surface area contributed by atoms with Gasteiger partial charge in [-0.1, -0.05) is 0 Å². The first-order chi connectivity index (χ1) is 10.0. The summed E-state index contributed by atoms with van der Waals surface area (Å²) in [4.78, 5) is 23.5. The first kappa shape index (κ1) is 15.6. The number of halogens is 1. The van der Waals surface area contributed by atoms with Crippen molar-refractivity contribution in [1.82, 2.24) is 5.32 Å². The van der Waals surface area contributed by atoms with Crippen molar-refractivity contribution in [1.29, 1.82) is 0 Å². The average Bonchev–Trinajstić information content (AvgIpc) is 3.28. The van der Waals surface area contributed by atoms with Gasteiger partial charge in [0.25, 0.3) is 5.91 Å². The molecule has 0 atom stereocenters. The maximum atomic E-state index is 12.0. The molecular formula is C14H16BrNO5. The molecule has 114 valence electrons. The molecule has 0 heterocycles. The Morgan fingerprint density at radius 1 is 1.24 bits per heavy atom. The fourth-order valence-corrected chi connectivity index (χ4v) is 2.25. The Morgan fingerprint density at radius 3 is 2.29 bits per heavy atom. The highest BCUT2D eigenvalue weighted by atomic mass is 79.9. The van der Waals surface area contributed by atoms with E-state index < -0.39 is 5.97 Å². The highest BCUT2D eigenvalue weighted by molar-refractivity contribution is 9.10. The number of hydrogen-bond donors (Lipinski definition) is 1. The Kier molecular flexibility index (Phi) is 5.06. The molecule has 1 aromatic carbocycles. The highest BCUT2D eigenvalue weighted by Gasteiger charge is 2.24. The Bertz CT molecular complexity index is 531. The second-order valence-corrected chi connectivity index (χ2v) is 5.41. The van der Waals surface area contributed by atoms with Crippen molar-refractivity contribution in [3.63, 3.8) is 0 Å². The fourth-order valence-electron chi connectivity index (χ4n) is 1.70. The van der Waals surface area contributed by atoms with Crippen LogP contribution in [0.3, 0.4) is 0 Å². The molecule has 0 radical (unpaired) electrons.